The minimum atomic E-state index is 0.481. The predicted octanol–water partition coefficient (Wildman–Crippen LogP) is 2.16. The summed E-state index contributed by atoms with van der Waals surface area (Å²) < 4.78 is 1.03. The van der Waals surface area contributed by atoms with E-state index in [1.807, 2.05) is 12.4 Å². The smallest absolute Gasteiger partial charge is 0.0567 e. The molecule has 1 aromatic heterocycles. The van der Waals surface area contributed by atoms with Gasteiger partial charge >= 0.3 is 0 Å². The first-order valence-corrected chi connectivity index (χ1v) is 6.18. The van der Waals surface area contributed by atoms with E-state index < -0.39 is 0 Å². The van der Waals surface area contributed by atoms with Crippen molar-refractivity contribution in [2.75, 3.05) is 18.0 Å². The van der Waals surface area contributed by atoms with Crippen molar-refractivity contribution in [1.82, 2.24) is 4.98 Å². The average molecular weight is 270 g/mol. The molecule has 4 heteroatoms. The van der Waals surface area contributed by atoms with E-state index in [-0.39, 0.29) is 0 Å². The van der Waals surface area contributed by atoms with Crippen LogP contribution in [0.25, 0.3) is 0 Å². The topological polar surface area (TPSA) is 42.1 Å². The SMILES string of the molecule is NCC1CCCCN1c1cncc(Br)c1. The number of nitrogens with two attached hydrogens (primary N) is 1. The molecule has 0 amide bonds. The van der Waals surface area contributed by atoms with Crippen LogP contribution < -0.4 is 10.6 Å². The van der Waals surface area contributed by atoms with E-state index in [9.17, 15) is 0 Å². The normalized spacial score (nSPS) is 21.7. The fourth-order valence-electron chi connectivity index (χ4n) is 2.14. The second kappa shape index (κ2) is 4.94. The van der Waals surface area contributed by atoms with E-state index in [2.05, 4.69) is 31.9 Å². The number of rotatable bonds is 2. The monoisotopic (exact) mass is 269 g/mol. The van der Waals surface area contributed by atoms with Crippen LogP contribution in [0.2, 0.25) is 0 Å². The zero-order chi connectivity index (χ0) is 10.7. The fraction of sp³-hybridized carbons (Fsp3) is 0.545. The van der Waals surface area contributed by atoms with Crippen molar-refractivity contribution in [2.45, 2.75) is 25.3 Å². The van der Waals surface area contributed by atoms with Gasteiger partial charge in [0.1, 0.15) is 0 Å². The highest BCUT2D eigenvalue weighted by molar-refractivity contribution is 9.10. The predicted molar refractivity (Wildman–Crippen MR) is 66.0 cm³/mol. The van der Waals surface area contributed by atoms with E-state index >= 15 is 0 Å². The summed E-state index contributed by atoms with van der Waals surface area (Å²) in [6.45, 7) is 1.83. The van der Waals surface area contributed by atoms with Crippen molar-refractivity contribution in [2.24, 2.45) is 5.73 Å². The number of aromatic nitrogens is 1. The molecule has 82 valence electrons. The second-order valence-corrected chi connectivity index (χ2v) is 4.86. The number of halogens is 1. The van der Waals surface area contributed by atoms with Gasteiger partial charge in [-0.1, -0.05) is 0 Å². The Kier molecular flexibility index (Phi) is 3.59. The Hall–Kier alpha value is -0.610. The second-order valence-electron chi connectivity index (χ2n) is 3.94. The molecule has 1 aromatic rings. The summed E-state index contributed by atoms with van der Waals surface area (Å²) in [4.78, 5) is 6.58. The van der Waals surface area contributed by atoms with Crippen LogP contribution in [-0.4, -0.2) is 24.1 Å². The Morgan fingerprint density at radius 1 is 1.47 bits per heavy atom. The minimum Gasteiger partial charge on any atom is -0.366 e. The van der Waals surface area contributed by atoms with Gasteiger partial charge in [0.25, 0.3) is 0 Å². The zero-order valence-corrected chi connectivity index (χ0v) is 10.3. The van der Waals surface area contributed by atoms with E-state index in [0.29, 0.717) is 6.04 Å². The number of anilines is 1. The largest absolute Gasteiger partial charge is 0.366 e. The first-order chi connectivity index (χ1) is 7.31. The van der Waals surface area contributed by atoms with Crippen molar-refractivity contribution in [3.63, 3.8) is 0 Å². The summed E-state index contributed by atoms with van der Waals surface area (Å²) in [5, 5.41) is 0. The maximum Gasteiger partial charge on any atom is 0.0567 e. The summed E-state index contributed by atoms with van der Waals surface area (Å²) in [6, 6.07) is 2.59. The third-order valence-corrected chi connectivity index (χ3v) is 3.35. The van der Waals surface area contributed by atoms with Gasteiger partial charge in [0.2, 0.25) is 0 Å². The molecule has 0 saturated carbocycles. The van der Waals surface area contributed by atoms with Crippen LogP contribution in [0.4, 0.5) is 5.69 Å². The van der Waals surface area contributed by atoms with Crippen molar-refractivity contribution in [3.8, 4) is 0 Å². The van der Waals surface area contributed by atoms with Gasteiger partial charge in [-0.15, -0.1) is 0 Å². The molecule has 3 nitrogen and oxygen atoms in total. The molecule has 0 radical (unpaired) electrons. The van der Waals surface area contributed by atoms with Crippen molar-refractivity contribution < 1.29 is 0 Å². The van der Waals surface area contributed by atoms with Crippen LogP contribution >= 0.6 is 15.9 Å². The third kappa shape index (κ3) is 2.49. The highest BCUT2D eigenvalue weighted by Gasteiger charge is 2.21. The molecule has 0 aliphatic carbocycles. The molecule has 0 spiro atoms. The van der Waals surface area contributed by atoms with Gasteiger partial charge in [0, 0.05) is 29.8 Å². The maximum atomic E-state index is 5.80. The van der Waals surface area contributed by atoms with Gasteiger partial charge in [-0.3, -0.25) is 4.98 Å². The first kappa shape index (κ1) is 10.9. The number of piperidine rings is 1. The molecule has 1 saturated heterocycles. The highest BCUT2D eigenvalue weighted by Crippen LogP contribution is 2.25. The van der Waals surface area contributed by atoms with E-state index in [1.165, 1.54) is 24.9 Å². The third-order valence-electron chi connectivity index (χ3n) is 2.92. The molecular formula is C11H16BrN3. The molecule has 0 bridgehead atoms. The van der Waals surface area contributed by atoms with Crippen LogP contribution in [0.5, 0.6) is 0 Å². The Bertz CT molecular complexity index is 329. The molecule has 1 unspecified atom stereocenters. The Morgan fingerprint density at radius 2 is 2.33 bits per heavy atom. The fourth-order valence-corrected chi connectivity index (χ4v) is 2.50. The van der Waals surface area contributed by atoms with Crippen LogP contribution in [0.3, 0.4) is 0 Å². The minimum absolute atomic E-state index is 0.481. The van der Waals surface area contributed by atoms with Crippen molar-refractivity contribution in [3.05, 3.63) is 22.9 Å². The van der Waals surface area contributed by atoms with Gasteiger partial charge in [0.05, 0.1) is 11.9 Å². The number of hydrogen-bond donors (Lipinski definition) is 1. The molecule has 15 heavy (non-hydrogen) atoms. The number of pyridine rings is 1. The summed E-state index contributed by atoms with van der Waals surface area (Å²) in [5.41, 5.74) is 6.98. The van der Waals surface area contributed by atoms with Crippen LogP contribution in [0.15, 0.2) is 22.9 Å². The summed E-state index contributed by atoms with van der Waals surface area (Å²) >= 11 is 3.45. The zero-order valence-electron chi connectivity index (χ0n) is 8.69. The summed E-state index contributed by atoms with van der Waals surface area (Å²) in [7, 11) is 0. The number of nitrogens with zero attached hydrogens (tertiary/aromatic N) is 2. The molecule has 1 atom stereocenters. The standard InChI is InChI=1S/C11H16BrN3/c12-9-5-11(8-14-7-9)15-4-2-1-3-10(15)6-13/h5,7-8,10H,1-4,6,13H2. The lowest BCUT2D eigenvalue weighted by atomic mass is 10.0. The Labute approximate surface area is 98.8 Å². The van der Waals surface area contributed by atoms with Crippen LogP contribution in [0.1, 0.15) is 19.3 Å². The molecule has 1 aliphatic rings. The van der Waals surface area contributed by atoms with Gasteiger partial charge in [0.15, 0.2) is 0 Å². The lowest BCUT2D eigenvalue weighted by Crippen LogP contribution is -2.44. The lowest BCUT2D eigenvalue weighted by Gasteiger charge is -2.36. The number of hydrogen-bond acceptors (Lipinski definition) is 3. The van der Waals surface area contributed by atoms with Gasteiger partial charge in [-0.2, -0.15) is 0 Å². The van der Waals surface area contributed by atoms with E-state index in [4.69, 9.17) is 5.73 Å². The van der Waals surface area contributed by atoms with Gasteiger partial charge in [-0.25, -0.2) is 0 Å². The Balaban J connectivity index is 2.20. The first-order valence-electron chi connectivity index (χ1n) is 5.38. The highest BCUT2D eigenvalue weighted by atomic mass is 79.9. The van der Waals surface area contributed by atoms with Gasteiger partial charge < -0.3 is 10.6 Å². The molecule has 2 rings (SSSR count). The summed E-state index contributed by atoms with van der Waals surface area (Å²) in [6.07, 6.45) is 7.47. The Morgan fingerprint density at radius 3 is 3.07 bits per heavy atom. The molecular weight excluding hydrogens is 254 g/mol. The molecule has 1 fully saturated rings. The quantitative estimate of drug-likeness (QED) is 0.895. The van der Waals surface area contributed by atoms with Crippen molar-refractivity contribution in [1.29, 1.82) is 0 Å². The average Bonchev–Trinajstić information content (AvgIpc) is 2.29. The van der Waals surface area contributed by atoms with Crippen molar-refractivity contribution >= 4 is 21.6 Å². The van der Waals surface area contributed by atoms with E-state index in [0.717, 1.165) is 17.6 Å². The lowest BCUT2D eigenvalue weighted by molar-refractivity contribution is 0.465. The van der Waals surface area contributed by atoms with Crippen LogP contribution in [0, 0.1) is 0 Å². The van der Waals surface area contributed by atoms with Crippen LogP contribution in [-0.2, 0) is 0 Å². The maximum absolute atomic E-state index is 5.80. The summed E-state index contributed by atoms with van der Waals surface area (Å²) in [5.74, 6) is 0. The van der Waals surface area contributed by atoms with Gasteiger partial charge in [-0.05, 0) is 41.3 Å². The molecule has 1 aliphatic heterocycles. The van der Waals surface area contributed by atoms with E-state index in [1.54, 1.807) is 0 Å². The molecule has 2 N–H and O–H groups in total. The molecule has 2 heterocycles. The molecule has 0 aromatic carbocycles.